The van der Waals surface area contributed by atoms with Crippen molar-refractivity contribution in [2.45, 2.75) is 6.42 Å². The molecule has 1 nitrogen and oxygen atoms in total. The van der Waals surface area contributed by atoms with Crippen LogP contribution in [0.15, 0.2) is 78.4 Å². The first-order valence-corrected chi connectivity index (χ1v) is 7.46. The zero-order valence-electron chi connectivity index (χ0n) is 12.1. The fourth-order valence-electron chi connectivity index (χ4n) is 2.59. The first kappa shape index (κ1) is 13.8. The Morgan fingerprint density at radius 3 is 2.43 bits per heavy atom. The van der Waals surface area contributed by atoms with E-state index in [1.807, 2.05) is 6.07 Å². The van der Waals surface area contributed by atoms with Gasteiger partial charge in [-0.3, -0.25) is 0 Å². The number of hydrogen-bond acceptors (Lipinski definition) is 1. The first-order chi connectivity index (χ1) is 10.4. The molecule has 1 heterocycles. The molecule has 0 aromatic heterocycles. The Hall–Kier alpha value is -2.12. The van der Waals surface area contributed by atoms with Gasteiger partial charge in [0, 0.05) is 5.92 Å². The van der Waals surface area contributed by atoms with Gasteiger partial charge in [0.1, 0.15) is 0 Å². The largest absolute Gasteiger partial charge is 0.376 e. The SMILES string of the molecule is C(=C\C1COC/C1=C/c1ccccc1)/Cc1ccccc1. The lowest BCUT2D eigenvalue weighted by Gasteiger charge is -2.04. The highest BCUT2D eigenvalue weighted by Gasteiger charge is 2.18. The molecule has 0 N–H and O–H groups in total. The van der Waals surface area contributed by atoms with Crippen molar-refractivity contribution in [2.75, 3.05) is 13.2 Å². The molecule has 0 bridgehead atoms. The Kier molecular flexibility index (Phi) is 4.65. The van der Waals surface area contributed by atoms with Crippen LogP contribution in [0.4, 0.5) is 0 Å². The van der Waals surface area contributed by atoms with Crippen LogP contribution in [-0.4, -0.2) is 13.2 Å². The van der Waals surface area contributed by atoms with Gasteiger partial charge in [0.15, 0.2) is 0 Å². The second-order valence-electron chi connectivity index (χ2n) is 5.37. The maximum atomic E-state index is 5.63. The Morgan fingerprint density at radius 1 is 0.952 bits per heavy atom. The Balaban J connectivity index is 1.66. The monoisotopic (exact) mass is 276 g/mol. The van der Waals surface area contributed by atoms with Gasteiger partial charge in [-0.05, 0) is 23.1 Å². The lowest BCUT2D eigenvalue weighted by Crippen LogP contribution is -1.97. The van der Waals surface area contributed by atoms with Crippen molar-refractivity contribution in [3.63, 3.8) is 0 Å². The van der Waals surface area contributed by atoms with E-state index >= 15 is 0 Å². The van der Waals surface area contributed by atoms with E-state index in [9.17, 15) is 0 Å². The number of ether oxygens (including phenoxy) is 1. The summed E-state index contributed by atoms with van der Waals surface area (Å²) in [5.41, 5.74) is 3.96. The normalized spacial score (nSPS) is 20.4. The average molecular weight is 276 g/mol. The van der Waals surface area contributed by atoms with Crippen molar-refractivity contribution in [3.05, 3.63) is 89.5 Å². The van der Waals surface area contributed by atoms with E-state index < -0.39 is 0 Å². The maximum Gasteiger partial charge on any atom is 0.0687 e. The van der Waals surface area contributed by atoms with Gasteiger partial charge < -0.3 is 4.74 Å². The van der Waals surface area contributed by atoms with E-state index in [4.69, 9.17) is 4.74 Å². The maximum absolute atomic E-state index is 5.63. The van der Waals surface area contributed by atoms with Crippen molar-refractivity contribution in [2.24, 2.45) is 5.92 Å². The minimum Gasteiger partial charge on any atom is -0.376 e. The molecule has 1 saturated heterocycles. The Morgan fingerprint density at radius 2 is 1.67 bits per heavy atom. The summed E-state index contributed by atoms with van der Waals surface area (Å²) >= 11 is 0. The van der Waals surface area contributed by atoms with E-state index in [-0.39, 0.29) is 0 Å². The van der Waals surface area contributed by atoms with Crippen LogP contribution in [0.25, 0.3) is 6.08 Å². The molecule has 1 heteroatoms. The van der Waals surface area contributed by atoms with Gasteiger partial charge in [0.2, 0.25) is 0 Å². The van der Waals surface area contributed by atoms with Crippen molar-refractivity contribution in [1.82, 2.24) is 0 Å². The number of benzene rings is 2. The molecule has 21 heavy (non-hydrogen) atoms. The summed E-state index contributed by atoms with van der Waals surface area (Å²) in [4.78, 5) is 0. The number of allylic oxidation sites excluding steroid dienone is 1. The minimum atomic E-state index is 0.411. The predicted octanol–water partition coefficient (Wildman–Crippen LogP) is 4.52. The summed E-state index contributed by atoms with van der Waals surface area (Å²) in [5.74, 6) is 0.411. The van der Waals surface area contributed by atoms with Crippen LogP contribution in [0.1, 0.15) is 11.1 Å². The van der Waals surface area contributed by atoms with Gasteiger partial charge in [0.05, 0.1) is 13.2 Å². The van der Waals surface area contributed by atoms with Gasteiger partial charge in [-0.1, -0.05) is 78.9 Å². The van der Waals surface area contributed by atoms with E-state index in [0.29, 0.717) is 5.92 Å². The zero-order chi connectivity index (χ0) is 14.3. The second kappa shape index (κ2) is 7.05. The molecule has 1 atom stereocenters. The van der Waals surface area contributed by atoms with E-state index in [0.717, 1.165) is 19.6 Å². The number of hydrogen-bond donors (Lipinski definition) is 0. The lowest BCUT2D eigenvalue weighted by molar-refractivity contribution is 0.195. The van der Waals surface area contributed by atoms with Crippen molar-refractivity contribution < 1.29 is 4.74 Å². The molecule has 2 aromatic carbocycles. The topological polar surface area (TPSA) is 9.23 Å². The van der Waals surface area contributed by atoms with Crippen LogP contribution in [0, 0.1) is 5.92 Å². The second-order valence-corrected chi connectivity index (χ2v) is 5.37. The molecule has 106 valence electrons. The molecule has 1 aliphatic rings. The molecule has 1 fully saturated rings. The van der Waals surface area contributed by atoms with Crippen LogP contribution in [-0.2, 0) is 11.2 Å². The van der Waals surface area contributed by atoms with Crippen LogP contribution in [0.3, 0.4) is 0 Å². The van der Waals surface area contributed by atoms with Crippen LogP contribution in [0.5, 0.6) is 0 Å². The summed E-state index contributed by atoms with van der Waals surface area (Å²) in [7, 11) is 0. The van der Waals surface area contributed by atoms with Gasteiger partial charge in [0.25, 0.3) is 0 Å². The summed E-state index contributed by atoms with van der Waals surface area (Å²) in [5, 5.41) is 0. The fourth-order valence-corrected chi connectivity index (χ4v) is 2.59. The molecule has 2 aromatic rings. The lowest BCUT2D eigenvalue weighted by atomic mass is 9.99. The molecule has 0 aliphatic carbocycles. The third kappa shape index (κ3) is 3.93. The highest BCUT2D eigenvalue weighted by molar-refractivity contribution is 5.54. The minimum absolute atomic E-state index is 0.411. The van der Waals surface area contributed by atoms with Gasteiger partial charge in [-0.2, -0.15) is 0 Å². The van der Waals surface area contributed by atoms with Crippen molar-refractivity contribution >= 4 is 6.08 Å². The Labute approximate surface area is 126 Å². The average Bonchev–Trinajstić information content (AvgIpc) is 2.97. The van der Waals surface area contributed by atoms with Crippen LogP contribution in [0.2, 0.25) is 0 Å². The molecule has 0 radical (unpaired) electrons. The fraction of sp³-hybridized carbons (Fsp3) is 0.200. The summed E-state index contributed by atoms with van der Waals surface area (Å²) in [6, 6.07) is 21.0. The molecule has 1 aliphatic heterocycles. The van der Waals surface area contributed by atoms with Gasteiger partial charge in [-0.25, -0.2) is 0 Å². The summed E-state index contributed by atoms with van der Waals surface area (Å²) in [6.45, 7) is 1.54. The summed E-state index contributed by atoms with van der Waals surface area (Å²) in [6.07, 6.45) is 7.78. The van der Waals surface area contributed by atoms with Crippen molar-refractivity contribution in [3.8, 4) is 0 Å². The third-order valence-corrected chi connectivity index (χ3v) is 3.76. The standard InChI is InChI=1S/C20H20O/c1-3-8-17(9-4-1)12-7-13-19-15-21-16-20(19)14-18-10-5-2-6-11-18/h1-11,13-14,19H,12,15-16H2/b13-7+,20-14-. The van der Waals surface area contributed by atoms with Gasteiger partial charge >= 0.3 is 0 Å². The summed E-state index contributed by atoms with van der Waals surface area (Å²) < 4.78 is 5.63. The van der Waals surface area contributed by atoms with E-state index in [1.54, 1.807) is 0 Å². The smallest absolute Gasteiger partial charge is 0.0687 e. The zero-order valence-corrected chi connectivity index (χ0v) is 12.1. The van der Waals surface area contributed by atoms with Gasteiger partial charge in [-0.15, -0.1) is 0 Å². The molecule has 1 unspecified atom stereocenters. The molecule has 0 saturated carbocycles. The number of rotatable bonds is 4. The van der Waals surface area contributed by atoms with Crippen LogP contribution >= 0.6 is 0 Å². The van der Waals surface area contributed by atoms with Crippen LogP contribution < -0.4 is 0 Å². The molecule has 0 spiro atoms. The molecular weight excluding hydrogens is 256 g/mol. The predicted molar refractivity (Wildman–Crippen MR) is 88.0 cm³/mol. The Bertz CT molecular complexity index is 611. The first-order valence-electron chi connectivity index (χ1n) is 7.46. The quantitative estimate of drug-likeness (QED) is 0.746. The van der Waals surface area contributed by atoms with Crippen molar-refractivity contribution in [1.29, 1.82) is 0 Å². The highest BCUT2D eigenvalue weighted by atomic mass is 16.5. The molecule has 0 amide bonds. The van der Waals surface area contributed by atoms with E-state index in [1.165, 1.54) is 16.7 Å². The van der Waals surface area contributed by atoms with E-state index in [2.05, 4.69) is 72.8 Å². The third-order valence-electron chi connectivity index (χ3n) is 3.76. The highest BCUT2D eigenvalue weighted by Crippen LogP contribution is 2.24. The molecular formula is C20H20O. The molecule has 3 rings (SSSR count).